The van der Waals surface area contributed by atoms with E-state index < -0.39 is 0 Å². The van der Waals surface area contributed by atoms with E-state index in [0.717, 1.165) is 18.5 Å². The second-order valence-electron chi connectivity index (χ2n) is 7.11. The van der Waals surface area contributed by atoms with Crippen molar-refractivity contribution in [2.45, 2.75) is 25.7 Å². The summed E-state index contributed by atoms with van der Waals surface area (Å²) < 4.78 is 0. The number of carbonyl (C=O) groups excluding carboxylic acids is 2. The first-order valence-electron chi connectivity index (χ1n) is 9.60. The average Bonchev–Trinajstić information content (AvgIpc) is 3.29. The van der Waals surface area contributed by atoms with Gasteiger partial charge in [0.15, 0.2) is 0 Å². The third-order valence-corrected chi connectivity index (χ3v) is 5.08. The van der Waals surface area contributed by atoms with Gasteiger partial charge in [0.1, 0.15) is 11.5 Å². The Labute approximate surface area is 168 Å². The lowest BCUT2D eigenvalue weighted by molar-refractivity contribution is 0.0698. The Morgan fingerprint density at radius 3 is 2.76 bits per heavy atom. The molecule has 29 heavy (non-hydrogen) atoms. The topological polar surface area (TPSA) is 104 Å². The lowest BCUT2D eigenvalue weighted by atomic mass is 9.96. The smallest absolute Gasteiger partial charge is 0.271 e. The van der Waals surface area contributed by atoms with Gasteiger partial charge in [-0.3, -0.25) is 14.7 Å². The number of H-pyrrole nitrogens is 1. The number of amides is 2. The summed E-state index contributed by atoms with van der Waals surface area (Å²) in [6.45, 7) is 3.05. The molecule has 1 aliphatic rings. The number of hydrogen-bond acceptors (Lipinski definition) is 5. The number of aromatic nitrogens is 4. The van der Waals surface area contributed by atoms with Gasteiger partial charge in [-0.15, -0.1) is 0 Å². The van der Waals surface area contributed by atoms with Crippen molar-refractivity contribution >= 4 is 17.5 Å². The zero-order chi connectivity index (χ0) is 20.2. The molecule has 148 valence electrons. The summed E-state index contributed by atoms with van der Waals surface area (Å²) in [5.41, 5.74) is 2.27. The molecule has 1 saturated heterocycles. The van der Waals surface area contributed by atoms with Gasteiger partial charge in [-0.25, -0.2) is 9.97 Å². The lowest BCUT2D eigenvalue weighted by Gasteiger charge is -2.31. The number of benzene rings is 1. The van der Waals surface area contributed by atoms with Crippen molar-refractivity contribution in [3.05, 3.63) is 71.6 Å². The number of hydrogen-bond donors (Lipinski definition) is 2. The molecule has 1 aromatic carbocycles. The molecule has 1 unspecified atom stereocenters. The number of para-hydroxylation sites is 1. The van der Waals surface area contributed by atoms with Crippen molar-refractivity contribution in [3.63, 3.8) is 0 Å². The quantitative estimate of drug-likeness (QED) is 0.713. The van der Waals surface area contributed by atoms with Crippen LogP contribution in [0.2, 0.25) is 0 Å². The van der Waals surface area contributed by atoms with E-state index in [4.69, 9.17) is 0 Å². The number of nitrogens with one attached hydrogen (secondary N) is 2. The fraction of sp³-hybridized carbons (Fsp3) is 0.286. The first kappa shape index (κ1) is 18.8. The largest absolute Gasteiger partial charge is 0.337 e. The number of piperidine rings is 1. The molecule has 0 radical (unpaired) electrons. The van der Waals surface area contributed by atoms with Crippen molar-refractivity contribution in [3.8, 4) is 0 Å². The highest BCUT2D eigenvalue weighted by Crippen LogP contribution is 2.26. The Balaban J connectivity index is 1.47. The summed E-state index contributed by atoms with van der Waals surface area (Å²) in [5, 5.41) is 9.42. The van der Waals surface area contributed by atoms with E-state index in [1.807, 2.05) is 30.3 Å². The normalized spacial score (nSPS) is 16.4. The predicted octanol–water partition coefficient (Wildman–Crippen LogP) is 2.78. The van der Waals surface area contributed by atoms with E-state index in [1.165, 1.54) is 0 Å². The highest BCUT2D eigenvalue weighted by molar-refractivity contribution is 6.04. The van der Waals surface area contributed by atoms with Crippen LogP contribution >= 0.6 is 0 Å². The van der Waals surface area contributed by atoms with Crippen molar-refractivity contribution in [1.29, 1.82) is 0 Å². The number of aromatic amines is 1. The molecule has 8 heteroatoms. The molecule has 3 aromatic rings. The second kappa shape index (κ2) is 8.22. The molecule has 4 rings (SSSR count). The summed E-state index contributed by atoms with van der Waals surface area (Å²) >= 11 is 0. The van der Waals surface area contributed by atoms with Crippen LogP contribution in [0.4, 0.5) is 5.69 Å². The molecular formula is C21H22N6O2. The Morgan fingerprint density at radius 1 is 1.21 bits per heavy atom. The minimum Gasteiger partial charge on any atom is -0.337 e. The van der Waals surface area contributed by atoms with Gasteiger partial charge in [0.05, 0.1) is 11.3 Å². The summed E-state index contributed by atoms with van der Waals surface area (Å²) in [5.74, 6) is 0.407. The van der Waals surface area contributed by atoms with Crippen molar-refractivity contribution in [2.24, 2.45) is 0 Å². The molecule has 0 bridgehead atoms. The van der Waals surface area contributed by atoms with Crippen LogP contribution in [-0.2, 0) is 0 Å². The fourth-order valence-corrected chi connectivity index (χ4v) is 3.54. The fourth-order valence-electron chi connectivity index (χ4n) is 3.54. The van der Waals surface area contributed by atoms with E-state index in [2.05, 4.69) is 25.5 Å². The number of nitrogens with zero attached hydrogens (tertiary/aromatic N) is 4. The minimum absolute atomic E-state index is 0.0422. The SMILES string of the molecule is Cc1nc(C2CCCN(C(=O)c3ccn[nH]3)C2)ncc1C(=O)Nc1ccccc1. The number of likely N-dealkylation sites (tertiary alicyclic amines) is 1. The molecule has 1 atom stereocenters. The summed E-state index contributed by atoms with van der Waals surface area (Å²) in [4.78, 5) is 36.0. The highest BCUT2D eigenvalue weighted by atomic mass is 16.2. The van der Waals surface area contributed by atoms with Gasteiger partial charge >= 0.3 is 0 Å². The van der Waals surface area contributed by atoms with Crippen LogP contribution in [0, 0.1) is 6.92 Å². The number of carbonyl (C=O) groups is 2. The van der Waals surface area contributed by atoms with Crippen LogP contribution < -0.4 is 5.32 Å². The van der Waals surface area contributed by atoms with Crippen LogP contribution in [0.15, 0.2) is 48.8 Å². The first-order chi connectivity index (χ1) is 14.1. The highest BCUT2D eigenvalue weighted by Gasteiger charge is 2.28. The number of aryl methyl sites for hydroxylation is 1. The van der Waals surface area contributed by atoms with E-state index in [0.29, 0.717) is 35.9 Å². The Morgan fingerprint density at radius 2 is 2.03 bits per heavy atom. The molecule has 2 N–H and O–H groups in total. The molecule has 3 heterocycles. The van der Waals surface area contributed by atoms with E-state index in [-0.39, 0.29) is 17.7 Å². The molecule has 0 saturated carbocycles. The maximum absolute atomic E-state index is 12.6. The van der Waals surface area contributed by atoms with Crippen LogP contribution in [0.5, 0.6) is 0 Å². The molecule has 1 fully saturated rings. The van der Waals surface area contributed by atoms with E-state index in [1.54, 1.807) is 30.3 Å². The zero-order valence-corrected chi connectivity index (χ0v) is 16.1. The Hall–Kier alpha value is -3.55. The zero-order valence-electron chi connectivity index (χ0n) is 16.1. The van der Waals surface area contributed by atoms with Crippen molar-refractivity contribution in [1.82, 2.24) is 25.1 Å². The summed E-state index contributed by atoms with van der Waals surface area (Å²) in [6.07, 6.45) is 4.93. The third kappa shape index (κ3) is 4.16. The lowest BCUT2D eigenvalue weighted by Crippen LogP contribution is -2.39. The monoisotopic (exact) mass is 390 g/mol. The molecule has 2 aromatic heterocycles. The van der Waals surface area contributed by atoms with Crippen LogP contribution in [0.25, 0.3) is 0 Å². The predicted molar refractivity (Wildman–Crippen MR) is 108 cm³/mol. The number of anilines is 1. The minimum atomic E-state index is -0.236. The van der Waals surface area contributed by atoms with Gasteiger partial charge < -0.3 is 10.2 Å². The molecule has 1 aliphatic heterocycles. The van der Waals surface area contributed by atoms with Gasteiger partial charge in [0.2, 0.25) is 0 Å². The maximum Gasteiger partial charge on any atom is 0.271 e. The van der Waals surface area contributed by atoms with Gasteiger partial charge in [-0.2, -0.15) is 5.10 Å². The van der Waals surface area contributed by atoms with Crippen LogP contribution in [-0.4, -0.2) is 50.0 Å². The van der Waals surface area contributed by atoms with E-state index in [9.17, 15) is 9.59 Å². The van der Waals surface area contributed by atoms with Gasteiger partial charge in [-0.05, 0) is 38.0 Å². The number of rotatable bonds is 4. The Bertz CT molecular complexity index is 1000. The Kier molecular flexibility index (Phi) is 5.33. The molecule has 8 nitrogen and oxygen atoms in total. The standard InChI is InChI=1S/C21H22N6O2/c1-14-17(20(28)25-16-7-3-2-4-8-16)12-22-19(24-14)15-6-5-11-27(13-15)21(29)18-9-10-23-26-18/h2-4,7-10,12,15H,5-6,11,13H2,1H3,(H,23,26)(H,25,28). The third-order valence-electron chi connectivity index (χ3n) is 5.08. The maximum atomic E-state index is 12.6. The molecule has 0 aliphatic carbocycles. The van der Waals surface area contributed by atoms with Crippen LogP contribution in [0.3, 0.4) is 0 Å². The average molecular weight is 390 g/mol. The second-order valence-corrected chi connectivity index (χ2v) is 7.11. The van der Waals surface area contributed by atoms with Gasteiger partial charge in [0, 0.05) is 37.1 Å². The summed E-state index contributed by atoms with van der Waals surface area (Å²) in [6, 6.07) is 10.9. The first-order valence-corrected chi connectivity index (χ1v) is 9.60. The molecule has 0 spiro atoms. The molecule has 2 amide bonds. The van der Waals surface area contributed by atoms with Gasteiger partial charge in [-0.1, -0.05) is 18.2 Å². The van der Waals surface area contributed by atoms with Crippen molar-refractivity contribution in [2.75, 3.05) is 18.4 Å². The summed E-state index contributed by atoms with van der Waals surface area (Å²) in [7, 11) is 0. The van der Waals surface area contributed by atoms with Crippen molar-refractivity contribution < 1.29 is 9.59 Å². The van der Waals surface area contributed by atoms with Crippen LogP contribution in [0.1, 0.15) is 51.1 Å². The van der Waals surface area contributed by atoms with E-state index >= 15 is 0 Å². The van der Waals surface area contributed by atoms with Gasteiger partial charge in [0.25, 0.3) is 11.8 Å². The molecular weight excluding hydrogens is 368 g/mol.